The van der Waals surface area contributed by atoms with Gasteiger partial charge in [0.05, 0.1) is 17.5 Å². The van der Waals surface area contributed by atoms with E-state index in [1.807, 2.05) is 55.7 Å². The number of carbonyl (C=O) groups is 1. The lowest BCUT2D eigenvalue weighted by molar-refractivity contribution is -0.126. The molecule has 2 heterocycles. The van der Waals surface area contributed by atoms with Gasteiger partial charge in [0, 0.05) is 29.9 Å². The fraction of sp³-hybridized carbons (Fsp3) is 0.231. The second kappa shape index (κ2) is 6.73. The van der Waals surface area contributed by atoms with Crippen LogP contribution in [0.2, 0.25) is 0 Å². The Morgan fingerprint density at radius 2 is 1.78 bits per heavy atom. The number of halogens is 2. The van der Waals surface area contributed by atoms with E-state index >= 15 is 8.78 Å². The summed E-state index contributed by atoms with van der Waals surface area (Å²) in [4.78, 5) is 14.9. The van der Waals surface area contributed by atoms with Crippen LogP contribution in [0.15, 0.2) is 60.8 Å². The van der Waals surface area contributed by atoms with E-state index < -0.39 is 17.0 Å². The lowest BCUT2D eigenvalue weighted by Gasteiger charge is -2.37. The third-order valence-corrected chi connectivity index (χ3v) is 7.00. The largest absolute Gasteiger partial charge is 0.307 e. The molecule has 4 aromatic rings. The van der Waals surface area contributed by atoms with E-state index in [1.54, 1.807) is 9.58 Å². The molecule has 0 radical (unpaired) electrons. The summed E-state index contributed by atoms with van der Waals surface area (Å²) in [6, 6.07) is 15.9. The number of nitrogens with zero attached hydrogens (tertiary/aromatic N) is 3. The predicted octanol–water partition coefficient (Wildman–Crippen LogP) is 5.49. The van der Waals surface area contributed by atoms with Crippen LogP contribution < -0.4 is 4.90 Å². The number of fused-ring (bicyclic) bond motifs is 3. The van der Waals surface area contributed by atoms with Gasteiger partial charge in [0.2, 0.25) is 5.91 Å². The van der Waals surface area contributed by atoms with E-state index in [0.29, 0.717) is 5.56 Å². The Labute approximate surface area is 184 Å². The summed E-state index contributed by atoms with van der Waals surface area (Å²) in [5, 5.41) is 5.20. The Morgan fingerprint density at radius 3 is 2.50 bits per heavy atom. The minimum Gasteiger partial charge on any atom is -0.307 e. The smallest absolute Gasteiger partial charge is 0.238 e. The quantitative estimate of drug-likeness (QED) is 0.432. The summed E-state index contributed by atoms with van der Waals surface area (Å²) >= 11 is 0. The number of para-hydroxylation sites is 1. The minimum absolute atomic E-state index is 0.0482. The van der Waals surface area contributed by atoms with Gasteiger partial charge in [-0.25, -0.2) is 8.78 Å². The van der Waals surface area contributed by atoms with Gasteiger partial charge in [0.25, 0.3) is 0 Å². The van der Waals surface area contributed by atoms with E-state index in [-0.39, 0.29) is 18.0 Å². The van der Waals surface area contributed by atoms with Gasteiger partial charge in [0.15, 0.2) is 0 Å². The molecule has 1 fully saturated rings. The monoisotopic (exact) mass is 429 g/mol. The van der Waals surface area contributed by atoms with Gasteiger partial charge in [-0.2, -0.15) is 5.10 Å². The van der Waals surface area contributed by atoms with Crippen molar-refractivity contribution < 1.29 is 13.6 Å². The molecular weight excluding hydrogens is 408 g/mol. The highest BCUT2D eigenvalue weighted by Gasteiger charge is 2.54. The highest BCUT2D eigenvalue weighted by atomic mass is 19.1. The predicted molar refractivity (Wildman–Crippen MR) is 119 cm³/mol. The molecule has 0 atom stereocenters. The Kier molecular flexibility index (Phi) is 4.03. The molecule has 1 aromatic heterocycles. The topological polar surface area (TPSA) is 38.1 Å². The van der Waals surface area contributed by atoms with Gasteiger partial charge in [-0.05, 0) is 53.8 Å². The Morgan fingerprint density at radius 1 is 1.03 bits per heavy atom. The first-order valence-electron chi connectivity index (χ1n) is 10.8. The summed E-state index contributed by atoms with van der Waals surface area (Å²) in [7, 11) is 1.81. The summed E-state index contributed by atoms with van der Waals surface area (Å²) in [5.41, 5.74) is 3.07. The Balaban J connectivity index is 1.40. The van der Waals surface area contributed by atoms with Crippen LogP contribution >= 0.6 is 0 Å². The SMILES string of the molecule is Cn1cc2c(-c3cc(F)c(CN4C(=O)C5(CCC5)c5ccccc54)c(F)c3)cccc2n1. The Bertz CT molecular complexity index is 1380. The number of rotatable bonds is 3. The van der Waals surface area contributed by atoms with Crippen LogP contribution in [0.25, 0.3) is 22.0 Å². The number of hydrogen-bond donors (Lipinski definition) is 0. The molecule has 1 amide bonds. The van der Waals surface area contributed by atoms with Crippen LogP contribution in [-0.2, 0) is 23.8 Å². The molecule has 0 bridgehead atoms. The molecule has 3 aromatic carbocycles. The Hall–Kier alpha value is -3.54. The van der Waals surface area contributed by atoms with Crippen molar-refractivity contribution in [2.24, 2.45) is 7.05 Å². The van der Waals surface area contributed by atoms with E-state index in [1.165, 1.54) is 12.1 Å². The van der Waals surface area contributed by atoms with Crippen LogP contribution in [-0.4, -0.2) is 15.7 Å². The first-order valence-corrected chi connectivity index (χ1v) is 10.8. The summed E-state index contributed by atoms with van der Waals surface area (Å²) in [6.07, 6.45) is 4.41. The van der Waals surface area contributed by atoms with Crippen molar-refractivity contribution in [1.29, 1.82) is 0 Å². The van der Waals surface area contributed by atoms with Crippen molar-refractivity contribution in [3.05, 3.63) is 83.6 Å². The molecule has 1 saturated carbocycles. The van der Waals surface area contributed by atoms with Crippen LogP contribution in [0.4, 0.5) is 14.5 Å². The number of benzene rings is 3. The second-order valence-corrected chi connectivity index (χ2v) is 8.80. The van der Waals surface area contributed by atoms with Gasteiger partial charge in [-0.1, -0.05) is 36.8 Å². The lowest BCUT2D eigenvalue weighted by atomic mass is 9.65. The number of carbonyl (C=O) groups excluding carboxylic acids is 1. The normalized spacial score (nSPS) is 16.6. The molecule has 4 nitrogen and oxygen atoms in total. The molecular formula is C26H21F2N3O. The van der Waals surface area contributed by atoms with Gasteiger partial charge < -0.3 is 4.90 Å². The summed E-state index contributed by atoms with van der Waals surface area (Å²) < 4.78 is 32.2. The molecule has 32 heavy (non-hydrogen) atoms. The average Bonchev–Trinajstić information content (AvgIpc) is 3.24. The molecule has 160 valence electrons. The van der Waals surface area contributed by atoms with Crippen molar-refractivity contribution >= 4 is 22.5 Å². The molecule has 6 rings (SSSR count). The van der Waals surface area contributed by atoms with E-state index in [4.69, 9.17) is 0 Å². The molecule has 6 heteroatoms. The van der Waals surface area contributed by atoms with Crippen LogP contribution in [0.1, 0.15) is 30.4 Å². The third-order valence-electron chi connectivity index (χ3n) is 7.00. The molecule has 0 N–H and O–H groups in total. The second-order valence-electron chi connectivity index (χ2n) is 8.80. The number of aromatic nitrogens is 2. The lowest BCUT2D eigenvalue weighted by Crippen LogP contribution is -2.45. The number of amides is 1. The molecule has 1 aliphatic carbocycles. The molecule has 0 saturated heterocycles. The fourth-order valence-corrected chi connectivity index (χ4v) is 5.25. The first kappa shape index (κ1) is 19.2. The van der Waals surface area contributed by atoms with Gasteiger partial charge in [0.1, 0.15) is 11.6 Å². The van der Waals surface area contributed by atoms with Crippen LogP contribution in [0.5, 0.6) is 0 Å². The molecule has 1 aliphatic heterocycles. The average molecular weight is 429 g/mol. The number of anilines is 1. The maximum Gasteiger partial charge on any atom is 0.238 e. The minimum atomic E-state index is -0.652. The number of aryl methyl sites for hydroxylation is 1. The van der Waals surface area contributed by atoms with Gasteiger partial charge in [-0.3, -0.25) is 9.48 Å². The summed E-state index contributed by atoms with van der Waals surface area (Å²) in [5.74, 6) is -1.35. The first-order chi connectivity index (χ1) is 15.5. The molecule has 2 aliphatic rings. The van der Waals surface area contributed by atoms with E-state index in [0.717, 1.165) is 47.0 Å². The third kappa shape index (κ3) is 2.58. The maximum absolute atomic E-state index is 15.2. The fourth-order valence-electron chi connectivity index (χ4n) is 5.25. The van der Waals surface area contributed by atoms with Crippen molar-refractivity contribution in [2.75, 3.05) is 4.90 Å². The highest BCUT2D eigenvalue weighted by Crippen LogP contribution is 2.53. The zero-order chi connectivity index (χ0) is 22.0. The highest BCUT2D eigenvalue weighted by molar-refractivity contribution is 6.08. The van der Waals surface area contributed by atoms with Crippen molar-refractivity contribution in [3.63, 3.8) is 0 Å². The van der Waals surface area contributed by atoms with Gasteiger partial charge in [-0.15, -0.1) is 0 Å². The van der Waals surface area contributed by atoms with E-state index in [2.05, 4.69) is 5.10 Å². The van der Waals surface area contributed by atoms with Crippen molar-refractivity contribution in [1.82, 2.24) is 9.78 Å². The molecule has 0 unspecified atom stereocenters. The van der Waals surface area contributed by atoms with Crippen molar-refractivity contribution in [3.8, 4) is 11.1 Å². The number of hydrogen-bond acceptors (Lipinski definition) is 2. The van der Waals surface area contributed by atoms with Crippen LogP contribution in [0.3, 0.4) is 0 Å². The standard InChI is InChI=1S/C26H21F2N3O/c1-30-14-18-17(6-4-8-23(18)29-30)16-12-21(27)19(22(28)13-16)15-31-24-9-3-2-7-20(24)26(25(31)32)10-5-11-26/h2-4,6-9,12-14H,5,10-11,15H2,1H3. The van der Waals surface area contributed by atoms with Crippen LogP contribution in [0, 0.1) is 11.6 Å². The zero-order valence-electron chi connectivity index (χ0n) is 17.6. The maximum atomic E-state index is 15.2. The van der Waals surface area contributed by atoms with Gasteiger partial charge >= 0.3 is 0 Å². The van der Waals surface area contributed by atoms with E-state index in [9.17, 15) is 4.79 Å². The molecule has 1 spiro atoms. The van der Waals surface area contributed by atoms with Crippen molar-refractivity contribution in [2.45, 2.75) is 31.2 Å². The zero-order valence-corrected chi connectivity index (χ0v) is 17.6. The summed E-state index contributed by atoms with van der Waals surface area (Å²) in [6.45, 7) is -0.118.